The van der Waals surface area contributed by atoms with Crippen LogP contribution in [0.3, 0.4) is 0 Å². The van der Waals surface area contributed by atoms with Crippen molar-refractivity contribution in [3.05, 3.63) is 22.2 Å². The molecule has 9 heteroatoms. The molecule has 0 aliphatic rings. The molecule has 0 aliphatic heterocycles. The first-order valence-electron chi connectivity index (χ1n) is 4.78. The molecule has 1 atom stereocenters. The zero-order chi connectivity index (χ0) is 13.9. The molecule has 102 valence electrons. The third-order valence-electron chi connectivity index (χ3n) is 1.99. The van der Waals surface area contributed by atoms with E-state index in [4.69, 9.17) is 28.9 Å². The fourth-order valence-electron chi connectivity index (χ4n) is 1.26. The van der Waals surface area contributed by atoms with Crippen LogP contribution in [0.2, 0.25) is 10.0 Å². The van der Waals surface area contributed by atoms with Gasteiger partial charge in [-0.15, -0.1) is 0 Å². The Morgan fingerprint density at radius 2 is 2.00 bits per heavy atom. The van der Waals surface area contributed by atoms with Gasteiger partial charge in [0, 0.05) is 34.4 Å². The van der Waals surface area contributed by atoms with E-state index in [1.165, 1.54) is 18.4 Å². The van der Waals surface area contributed by atoms with Crippen LogP contribution in [0, 0.1) is 0 Å². The predicted molar refractivity (Wildman–Crippen MR) is 75.0 cm³/mol. The molecular formula is C9H12Cl2N2O3S2. The van der Waals surface area contributed by atoms with E-state index in [0.29, 0.717) is 0 Å². The largest absolute Gasteiger partial charge is 0.398 e. The Bertz CT molecular complexity index is 552. The van der Waals surface area contributed by atoms with Crippen molar-refractivity contribution in [2.75, 3.05) is 24.3 Å². The lowest BCUT2D eigenvalue weighted by molar-refractivity contribution is 0.584. The zero-order valence-electron chi connectivity index (χ0n) is 9.44. The van der Waals surface area contributed by atoms with Gasteiger partial charge in [-0.3, -0.25) is 4.21 Å². The van der Waals surface area contributed by atoms with E-state index in [1.54, 1.807) is 0 Å². The van der Waals surface area contributed by atoms with Crippen LogP contribution >= 0.6 is 23.2 Å². The zero-order valence-corrected chi connectivity index (χ0v) is 12.6. The Morgan fingerprint density at radius 1 is 1.39 bits per heavy atom. The molecule has 0 saturated carbocycles. The van der Waals surface area contributed by atoms with Crippen LogP contribution in [0.5, 0.6) is 0 Å². The molecule has 5 nitrogen and oxygen atoms in total. The van der Waals surface area contributed by atoms with Gasteiger partial charge in [0.25, 0.3) is 0 Å². The van der Waals surface area contributed by atoms with Gasteiger partial charge in [0.15, 0.2) is 0 Å². The maximum absolute atomic E-state index is 11.9. The summed E-state index contributed by atoms with van der Waals surface area (Å²) in [5.74, 6) is 0.213. The Hall–Kier alpha value is -0.340. The molecule has 0 spiro atoms. The van der Waals surface area contributed by atoms with Gasteiger partial charge in [-0.2, -0.15) is 0 Å². The molecule has 18 heavy (non-hydrogen) atoms. The van der Waals surface area contributed by atoms with Crippen LogP contribution in [0.4, 0.5) is 5.69 Å². The molecule has 1 aromatic carbocycles. The summed E-state index contributed by atoms with van der Waals surface area (Å²) < 4.78 is 37.0. The summed E-state index contributed by atoms with van der Waals surface area (Å²) in [5, 5.41) is 0.205. The molecule has 0 aromatic heterocycles. The van der Waals surface area contributed by atoms with Gasteiger partial charge >= 0.3 is 0 Å². The summed E-state index contributed by atoms with van der Waals surface area (Å²) in [6, 6.07) is 2.60. The fraction of sp³-hybridized carbons (Fsp3) is 0.333. The topological polar surface area (TPSA) is 89.3 Å². The molecule has 0 aliphatic carbocycles. The molecule has 0 saturated heterocycles. The number of hydrogen-bond donors (Lipinski definition) is 2. The lowest BCUT2D eigenvalue weighted by atomic mass is 10.3. The first kappa shape index (κ1) is 15.7. The lowest BCUT2D eigenvalue weighted by Gasteiger charge is -2.10. The highest BCUT2D eigenvalue weighted by Crippen LogP contribution is 2.30. The van der Waals surface area contributed by atoms with Gasteiger partial charge < -0.3 is 5.73 Å². The van der Waals surface area contributed by atoms with Crippen molar-refractivity contribution in [2.45, 2.75) is 4.90 Å². The molecule has 0 fully saturated rings. The standard InChI is InChI=1S/C9H12Cl2N2O3S2/c1-17(14)3-2-13-18(15,16)9-7(11)4-6(10)5-8(9)12/h4-5,13H,2-3,12H2,1H3. The monoisotopic (exact) mass is 330 g/mol. The van der Waals surface area contributed by atoms with E-state index in [9.17, 15) is 12.6 Å². The molecule has 0 amide bonds. The summed E-state index contributed by atoms with van der Waals surface area (Å²) in [6.45, 7) is 0.0455. The maximum Gasteiger partial charge on any atom is 0.244 e. The summed E-state index contributed by atoms with van der Waals surface area (Å²) in [6.07, 6.45) is 1.48. The molecular weight excluding hydrogens is 319 g/mol. The molecule has 1 aromatic rings. The molecule has 1 unspecified atom stereocenters. The number of benzene rings is 1. The second-order valence-corrected chi connectivity index (χ2v) is 7.58. The van der Waals surface area contributed by atoms with E-state index in [0.717, 1.165) is 0 Å². The van der Waals surface area contributed by atoms with E-state index in [-0.39, 0.29) is 32.9 Å². The SMILES string of the molecule is CS(=O)CCNS(=O)(=O)c1c(N)cc(Cl)cc1Cl. The first-order valence-corrected chi connectivity index (χ1v) is 8.75. The van der Waals surface area contributed by atoms with Crippen molar-refractivity contribution < 1.29 is 12.6 Å². The maximum atomic E-state index is 11.9. The number of nitrogens with one attached hydrogen (secondary N) is 1. The summed E-state index contributed by atoms with van der Waals surface area (Å²) in [4.78, 5) is -0.213. The molecule has 0 radical (unpaired) electrons. The van der Waals surface area contributed by atoms with Crippen molar-refractivity contribution >= 4 is 49.7 Å². The van der Waals surface area contributed by atoms with Gasteiger partial charge in [0.05, 0.1) is 10.7 Å². The van der Waals surface area contributed by atoms with Crippen LogP contribution in [0.15, 0.2) is 17.0 Å². The Balaban J connectivity index is 3.02. The number of anilines is 1. The second kappa shape index (κ2) is 6.21. The van der Waals surface area contributed by atoms with E-state index >= 15 is 0 Å². The summed E-state index contributed by atoms with van der Waals surface area (Å²) in [5.41, 5.74) is 5.56. The minimum Gasteiger partial charge on any atom is -0.398 e. The average molecular weight is 331 g/mol. The second-order valence-electron chi connectivity index (χ2n) is 3.48. The predicted octanol–water partition coefficient (Wildman–Crippen LogP) is 1.23. The van der Waals surface area contributed by atoms with E-state index in [2.05, 4.69) is 4.72 Å². The van der Waals surface area contributed by atoms with Gasteiger partial charge in [0.2, 0.25) is 10.0 Å². The smallest absolute Gasteiger partial charge is 0.244 e. The van der Waals surface area contributed by atoms with Gasteiger partial charge in [-0.1, -0.05) is 23.2 Å². The van der Waals surface area contributed by atoms with Crippen LogP contribution in [0.1, 0.15) is 0 Å². The van der Waals surface area contributed by atoms with Crippen LogP contribution in [-0.4, -0.2) is 31.2 Å². The van der Waals surface area contributed by atoms with Gasteiger partial charge in [0.1, 0.15) is 4.90 Å². The fourth-order valence-corrected chi connectivity index (χ4v) is 3.79. The van der Waals surface area contributed by atoms with Crippen LogP contribution in [-0.2, 0) is 20.8 Å². The molecule has 3 N–H and O–H groups in total. The normalized spacial score (nSPS) is 13.5. The van der Waals surface area contributed by atoms with Gasteiger partial charge in [-0.05, 0) is 12.1 Å². The highest BCUT2D eigenvalue weighted by molar-refractivity contribution is 7.90. The average Bonchev–Trinajstić information content (AvgIpc) is 2.13. The summed E-state index contributed by atoms with van der Waals surface area (Å²) >= 11 is 11.5. The van der Waals surface area contributed by atoms with Crippen molar-refractivity contribution in [2.24, 2.45) is 0 Å². The Kier molecular flexibility index (Phi) is 5.42. The van der Waals surface area contributed by atoms with Gasteiger partial charge in [-0.25, -0.2) is 13.1 Å². The highest BCUT2D eigenvalue weighted by Gasteiger charge is 2.21. The molecule has 0 bridgehead atoms. The molecule has 1 rings (SSSR count). The minimum absolute atomic E-state index is 0.0300. The third kappa shape index (κ3) is 4.10. The first-order chi connectivity index (χ1) is 8.24. The number of nitrogens with two attached hydrogens (primary N) is 1. The number of rotatable bonds is 5. The van der Waals surface area contributed by atoms with Crippen molar-refractivity contribution in [1.29, 1.82) is 0 Å². The van der Waals surface area contributed by atoms with Crippen LogP contribution < -0.4 is 10.5 Å². The van der Waals surface area contributed by atoms with E-state index in [1.807, 2.05) is 0 Å². The Labute approximate surface area is 118 Å². The molecule has 0 heterocycles. The van der Waals surface area contributed by atoms with Crippen molar-refractivity contribution in [3.8, 4) is 0 Å². The quantitative estimate of drug-likeness (QED) is 0.794. The number of sulfonamides is 1. The van der Waals surface area contributed by atoms with Crippen molar-refractivity contribution in [1.82, 2.24) is 4.72 Å². The number of halogens is 2. The number of nitrogen functional groups attached to an aromatic ring is 1. The highest BCUT2D eigenvalue weighted by atomic mass is 35.5. The summed E-state index contributed by atoms with van der Waals surface area (Å²) in [7, 11) is -4.92. The van der Waals surface area contributed by atoms with Crippen molar-refractivity contribution in [3.63, 3.8) is 0 Å². The third-order valence-corrected chi connectivity index (χ3v) is 4.97. The number of hydrogen-bond acceptors (Lipinski definition) is 4. The van der Waals surface area contributed by atoms with Crippen LogP contribution in [0.25, 0.3) is 0 Å². The van der Waals surface area contributed by atoms with E-state index < -0.39 is 20.8 Å². The minimum atomic E-state index is -3.83. The lowest BCUT2D eigenvalue weighted by Crippen LogP contribution is -2.28. The Morgan fingerprint density at radius 3 is 2.50 bits per heavy atom.